The minimum absolute atomic E-state index is 0.179. The third-order valence-electron chi connectivity index (χ3n) is 4.87. The van der Waals surface area contributed by atoms with E-state index >= 15 is 0 Å². The van der Waals surface area contributed by atoms with E-state index in [2.05, 4.69) is 15.6 Å². The van der Waals surface area contributed by atoms with Gasteiger partial charge in [0.05, 0.1) is 35.2 Å². The Morgan fingerprint density at radius 2 is 1.87 bits per heavy atom. The molecule has 4 rings (SSSR count). The maximum absolute atomic E-state index is 12.8. The number of nitrogens with zero attached hydrogens (tertiary/aromatic N) is 4. The second-order valence-corrected chi connectivity index (χ2v) is 8.83. The van der Waals surface area contributed by atoms with Crippen LogP contribution in [0.5, 0.6) is 0 Å². The molecule has 0 bridgehead atoms. The van der Waals surface area contributed by atoms with Crippen LogP contribution in [0.25, 0.3) is 0 Å². The van der Waals surface area contributed by atoms with Crippen LogP contribution in [-0.2, 0) is 14.8 Å². The third kappa shape index (κ3) is 4.08. The van der Waals surface area contributed by atoms with Crippen molar-refractivity contribution in [3.63, 3.8) is 0 Å². The molecule has 2 aliphatic rings. The fourth-order valence-corrected chi connectivity index (χ4v) is 4.73. The van der Waals surface area contributed by atoms with Crippen LogP contribution in [0.1, 0.15) is 6.92 Å². The summed E-state index contributed by atoms with van der Waals surface area (Å²) in [5.74, 6) is 0. The van der Waals surface area contributed by atoms with Crippen LogP contribution in [0, 0.1) is 0 Å². The van der Waals surface area contributed by atoms with Crippen LogP contribution >= 0.6 is 0 Å². The Kier molecular flexibility index (Phi) is 5.82. The molecule has 158 valence electrons. The van der Waals surface area contributed by atoms with Crippen molar-refractivity contribution in [1.29, 1.82) is 0 Å². The molecule has 10 heteroatoms. The maximum Gasteiger partial charge on any atom is 0.243 e. The molecule has 0 unspecified atom stereocenters. The van der Waals surface area contributed by atoms with Gasteiger partial charge in [-0.05, 0) is 37.3 Å². The van der Waals surface area contributed by atoms with E-state index in [9.17, 15) is 13.5 Å². The average Bonchev–Trinajstić information content (AvgIpc) is 3.07. The fraction of sp³-hybridized carbons (Fsp3) is 0.300. The van der Waals surface area contributed by atoms with Crippen LogP contribution < -0.4 is 10.4 Å². The number of sulfonamides is 1. The first kappa shape index (κ1) is 20.5. The zero-order chi connectivity index (χ0) is 21.1. The SMILES string of the molecule is CC1=NN(c2ccccc2)[C@H](O)C1=NNc1cccc(S(=O)(=O)N2CCOCC2)c1. The predicted molar refractivity (Wildman–Crippen MR) is 115 cm³/mol. The molecule has 30 heavy (non-hydrogen) atoms. The van der Waals surface area contributed by atoms with Crippen LogP contribution in [0.15, 0.2) is 69.7 Å². The van der Waals surface area contributed by atoms with Crippen LogP contribution in [-0.4, -0.2) is 61.8 Å². The second-order valence-electron chi connectivity index (χ2n) is 6.89. The Bertz CT molecular complexity index is 1070. The summed E-state index contributed by atoms with van der Waals surface area (Å²) in [7, 11) is -3.60. The molecule has 0 saturated carbocycles. The van der Waals surface area contributed by atoms with Crippen molar-refractivity contribution in [2.45, 2.75) is 18.0 Å². The molecule has 2 N–H and O–H groups in total. The first-order chi connectivity index (χ1) is 14.5. The lowest BCUT2D eigenvalue weighted by molar-refractivity contribution is 0.0730. The largest absolute Gasteiger partial charge is 0.379 e. The topological polar surface area (TPSA) is 107 Å². The minimum Gasteiger partial charge on any atom is -0.379 e. The Morgan fingerprint density at radius 3 is 2.60 bits per heavy atom. The number of hydrogen-bond acceptors (Lipinski definition) is 8. The van der Waals surface area contributed by atoms with Gasteiger partial charge in [0.1, 0.15) is 5.71 Å². The first-order valence-corrected chi connectivity index (χ1v) is 11.0. The number of benzene rings is 2. The third-order valence-corrected chi connectivity index (χ3v) is 6.77. The molecule has 2 aromatic carbocycles. The number of rotatable bonds is 5. The molecule has 1 atom stereocenters. The molecular weight excluding hydrogens is 406 g/mol. The zero-order valence-corrected chi connectivity index (χ0v) is 17.3. The summed E-state index contributed by atoms with van der Waals surface area (Å²) in [5, 5.41) is 20.8. The summed E-state index contributed by atoms with van der Waals surface area (Å²) in [6, 6.07) is 15.7. The number of para-hydroxylation sites is 1. The highest BCUT2D eigenvalue weighted by Gasteiger charge is 2.31. The van der Waals surface area contributed by atoms with E-state index in [1.54, 1.807) is 25.1 Å². The summed E-state index contributed by atoms with van der Waals surface area (Å²) in [6.07, 6.45) is -1.04. The highest BCUT2D eigenvalue weighted by molar-refractivity contribution is 7.89. The molecule has 2 aromatic rings. The molecule has 2 aliphatic heterocycles. The molecule has 0 aromatic heterocycles. The van der Waals surface area contributed by atoms with E-state index < -0.39 is 16.3 Å². The first-order valence-electron chi connectivity index (χ1n) is 9.56. The van der Waals surface area contributed by atoms with Gasteiger partial charge in [0.15, 0.2) is 6.23 Å². The van der Waals surface area contributed by atoms with Crippen LogP contribution in [0.3, 0.4) is 0 Å². The summed E-state index contributed by atoms with van der Waals surface area (Å²) in [6.45, 7) is 3.20. The summed E-state index contributed by atoms with van der Waals surface area (Å²) in [4.78, 5) is 0.179. The fourth-order valence-electron chi connectivity index (χ4n) is 3.28. The van der Waals surface area contributed by atoms with Crippen molar-refractivity contribution in [3.05, 3.63) is 54.6 Å². The van der Waals surface area contributed by atoms with Crippen molar-refractivity contribution in [2.75, 3.05) is 36.7 Å². The van der Waals surface area contributed by atoms with Gasteiger partial charge in [-0.25, -0.2) is 13.4 Å². The molecule has 2 heterocycles. The standard InChI is InChI=1S/C20H23N5O4S/c1-15-19(20(26)25(23-15)17-7-3-2-4-8-17)22-21-16-6-5-9-18(14-16)30(27,28)24-10-12-29-13-11-24/h2-9,14,20-21,26H,10-13H2,1H3/t20-/m1/s1. The molecule has 0 radical (unpaired) electrons. The lowest BCUT2D eigenvalue weighted by Gasteiger charge is -2.26. The lowest BCUT2D eigenvalue weighted by atomic mass is 10.2. The van der Waals surface area contributed by atoms with Gasteiger partial charge in [0.25, 0.3) is 0 Å². The molecule has 9 nitrogen and oxygen atoms in total. The van der Waals surface area contributed by atoms with Gasteiger partial charge in [-0.1, -0.05) is 24.3 Å². The second kappa shape index (κ2) is 8.52. The van der Waals surface area contributed by atoms with Crippen molar-refractivity contribution in [3.8, 4) is 0 Å². The van der Waals surface area contributed by atoms with Crippen LogP contribution in [0.2, 0.25) is 0 Å². The minimum atomic E-state index is -3.60. The van der Waals surface area contributed by atoms with Crippen molar-refractivity contribution in [1.82, 2.24) is 4.31 Å². The van der Waals surface area contributed by atoms with Gasteiger partial charge < -0.3 is 9.84 Å². The van der Waals surface area contributed by atoms with Gasteiger partial charge in [-0.3, -0.25) is 5.43 Å². The van der Waals surface area contributed by atoms with Crippen molar-refractivity contribution >= 4 is 32.8 Å². The summed E-state index contributed by atoms with van der Waals surface area (Å²) < 4.78 is 32.3. The number of nitrogens with one attached hydrogen (secondary N) is 1. The van der Waals surface area contributed by atoms with E-state index in [0.717, 1.165) is 5.69 Å². The molecule has 0 spiro atoms. The monoisotopic (exact) mass is 429 g/mol. The maximum atomic E-state index is 12.8. The highest BCUT2D eigenvalue weighted by Crippen LogP contribution is 2.23. The normalized spacial score (nSPS) is 21.7. The molecule has 0 aliphatic carbocycles. The molecule has 1 saturated heterocycles. The zero-order valence-electron chi connectivity index (χ0n) is 16.5. The Hall–Kier alpha value is -2.79. The van der Waals surface area contributed by atoms with Crippen molar-refractivity contribution < 1.29 is 18.3 Å². The number of anilines is 2. The lowest BCUT2D eigenvalue weighted by Crippen LogP contribution is -2.40. The molecule has 1 fully saturated rings. The Balaban J connectivity index is 1.52. The van der Waals surface area contributed by atoms with E-state index in [0.29, 0.717) is 43.4 Å². The summed E-state index contributed by atoms with van der Waals surface area (Å²) in [5.41, 5.74) is 5.01. The smallest absolute Gasteiger partial charge is 0.243 e. The summed E-state index contributed by atoms with van der Waals surface area (Å²) >= 11 is 0. The quantitative estimate of drug-likeness (QED) is 0.701. The van der Waals surface area contributed by atoms with Gasteiger partial charge in [0.2, 0.25) is 10.0 Å². The highest BCUT2D eigenvalue weighted by atomic mass is 32.2. The van der Waals surface area contributed by atoms with Crippen molar-refractivity contribution in [2.24, 2.45) is 10.2 Å². The van der Waals surface area contributed by atoms with Gasteiger partial charge in [0, 0.05) is 13.1 Å². The molecule has 0 amide bonds. The van der Waals surface area contributed by atoms with E-state index in [1.165, 1.54) is 15.4 Å². The van der Waals surface area contributed by atoms with Gasteiger partial charge in [-0.2, -0.15) is 14.5 Å². The number of hydrazone groups is 2. The van der Waals surface area contributed by atoms with E-state index in [4.69, 9.17) is 4.74 Å². The predicted octanol–water partition coefficient (Wildman–Crippen LogP) is 1.69. The van der Waals surface area contributed by atoms with E-state index in [-0.39, 0.29) is 4.90 Å². The van der Waals surface area contributed by atoms with Gasteiger partial charge >= 0.3 is 0 Å². The number of ether oxygens (including phenoxy) is 1. The van der Waals surface area contributed by atoms with Crippen LogP contribution in [0.4, 0.5) is 11.4 Å². The average molecular weight is 430 g/mol. The Morgan fingerprint density at radius 1 is 1.13 bits per heavy atom. The molecular formula is C20H23N5O4S. The number of morpholine rings is 1. The van der Waals surface area contributed by atoms with Gasteiger partial charge in [-0.15, -0.1) is 0 Å². The number of hydrogen-bond donors (Lipinski definition) is 2. The van der Waals surface area contributed by atoms with E-state index in [1.807, 2.05) is 30.3 Å². The number of aliphatic hydroxyl groups is 1. The Labute approximate surface area is 175 Å². The number of aliphatic hydroxyl groups excluding tert-OH is 1.